The molecule has 1 saturated carbocycles. The first-order valence-corrected chi connectivity index (χ1v) is 9.41. The van der Waals surface area contributed by atoms with Crippen LogP contribution in [0.1, 0.15) is 44.2 Å². The first-order valence-electron chi connectivity index (χ1n) is 9.41. The highest BCUT2D eigenvalue weighted by atomic mass is 16.2. The fraction of sp³-hybridized carbons (Fsp3) is 0.550. The zero-order valence-electron chi connectivity index (χ0n) is 14.8. The van der Waals surface area contributed by atoms with Crippen molar-refractivity contribution in [2.24, 2.45) is 5.92 Å². The summed E-state index contributed by atoms with van der Waals surface area (Å²) in [4.78, 5) is 27.6. The van der Waals surface area contributed by atoms with Crippen LogP contribution in [-0.4, -0.2) is 33.2 Å². The summed E-state index contributed by atoms with van der Waals surface area (Å²) in [5.41, 5.74) is 0.614. The first kappa shape index (κ1) is 16.3. The van der Waals surface area contributed by atoms with E-state index in [2.05, 4.69) is 5.10 Å². The molecule has 1 amide bonds. The third kappa shape index (κ3) is 2.96. The molecule has 1 unspecified atom stereocenters. The molecule has 25 heavy (non-hydrogen) atoms. The Balaban J connectivity index is 1.59. The number of benzene rings is 1. The van der Waals surface area contributed by atoms with Crippen LogP contribution in [0.4, 0.5) is 0 Å². The molecule has 0 spiro atoms. The number of aromatic nitrogens is 2. The summed E-state index contributed by atoms with van der Waals surface area (Å²) in [7, 11) is 0. The predicted molar refractivity (Wildman–Crippen MR) is 97.4 cm³/mol. The standard InChI is InChI=1S/C20H25N3O2/c1-14-16-9-4-5-10-17(16)20(25)23(21-14)13-19(24)22-12-6-11-18(22)15-7-2-3-8-15/h4-5,9-10,15,18H,2-3,6-8,11-13H2,1H3. The maximum Gasteiger partial charge on any atom is 0.275 e. The molecule has 0 bridgehead atoms. The Morgan fingerprint density at radius 3 is 2.60 bits per heavy atom. The van der Waals surface area contributed by atoms with E-state index in [0.717, 1.165) is 30.5 Å². The molecule has 1 aliphatic carbocycles. The smallest absolute Gasteiger partial charge is 0.275 e. The van der Waals surface area contributed by atoms with Gasteiger partial charge >= 0.3 is 0 Å². The van der Waals surface area contributed by atoms with E-state index in [9.17, 15) is 9.59 Å². The number of carbonyl (C=O) groups is 1. The van der Waals surface area contributed by atoms with Crippen LogP contribution >= 0.6 is 0 Å². The topological polar surface area (TPSA) is 55.2 Å². The Morgan fingerprint density at radius 2 is 1.84 bits per heavy atom. The van der Waals surface area contributed by atoms with E-state index in [-0.39, 0.29) is 18.0 Å². The second kappa shape index (κ2) is 6.62. The van der Waals surface area contributed by atoms with Gasteiger partial charge in [-0.2, -0.15) is 5.10 Å². The number of amides is 1. The van der Waals surface area contributed by atoms with Gasteiger partial charge in [0, 0.05) is 18.0 Å². The second-order valence-electron chi connectivity index (χ2n) is 7.44. The average molecular weight is 339 g/mol. The fourth-order valence-electron chi connectivity index (χ4n) is 4.67. The minimum Gasteiger partial charge on any atom is -0.338 e. The number of hydrogen-bond donors (Lipinski definition) is 0. The van der Waals surface area contributed by atoms with Crippen LogP contribution in [0.25, 0.3) is 10.8 Å². The zero-order chi connectivity index (χ0) is 17.4. The van der Waals surface area contributed by atoms with Gasteiger partial charge < -0.3 is 4.90 Å². The first-order chi connectivity index (χ1) is 12.1. The average Bonchev–Trinajstić information content (AvgIpc) is 3.30. The SMILES string of the molecule is Cc1nn(CC(=O)N2CCCC2C2CCCC2)c(=O)c2ccccc12. The van der Waals surface area contributed by atoms with E-state index in [1.807, 2.05) is 36.1 Å². The molecule has 0 N–H and O–H groups in total. The molecule has 132 valence electrons. The molecule has 0 radical (unpaired) electrons. The number of aryl methyl sites for hydroxylation is 1. The van der Waals surface area contributed by atoms with E-state index in [0.29, 0.717) is 17.3 Å². The largest absolute Gasteiger partial charge is 0.338 e. The van der Waals surface area contributed by atoms with Crippen molar-refractivity contribution < 1.29 is 4.79 Å². The lowest BCUT2D eigenvalue weighted by atomic mass is 9.96. The Hall–Kier alpha value is -2.17. The van der Waals surface area contributed by atoms with Crippen LogP contribution in [0.5, 0.6) is 0 Å². The van der Waals surface area contributed by atoms with Crippen molar-refractivity contribution in [1.29, 1.82) is 0 Å². The van der Waals surface area contributed by atoms with Crippen molar-refractivity contribution in [2.75, 3.05) is 6.54 Å². The van der Waals surface area contributed by atoms with Gasteiger partial charge in [-0.05, 0) is 44.6 Å². The summed E-state index contributed by atoms with van der Waals surface area (Å²) >= 11 is 0. The van der Waals surface area contributed by atoms with Gasteiger partial charge in [-0.1, -0.05) is 31.0 Å². The molecule has 1 aromatic carbocycles. The lowest BCUT2D eigenvalue weighted by molar-refractivity contribution is -0.133. The molecule has 4 rings (SSSR count). The quantitative estimate of drug-likeness (QED) is 0.864. The Morgan fingerprint density at radius 1 is 1.12 bits per heavy atom. The van der Waals surface area contributed by atoms with Crippen LogP contribution in [-0.2, 0) is 11.3 Å². The van der Waals surface area contributed by atoms with Crippen LogP contribution in [0.3, 0.4) is 0 Å². The maximum absolute atomic E-state index is 12.9. The molecule has 2 heterocycles. The van der Waals surface area contributed by atoms with Crippen molar-refractivity contribution in [2.45, 2.75) is 58.0 Å². The molecule has 2 aromatic rings. The van der Waals surface area contributed by atoms with E-state index in [1.165, 1.54) is 30.4 Å². The second-order valence-corrected chi connectivity index (χ2v) is 7.44. The van der Waals surface area contributed by atoms with E-state index in [4.69, 9.17) is 0 Å². The van der Waals surface area contributed by atoms with E-state index < -0.39 is 0 Å². The Kier molecular flexibility index (Phi) is 4.32. The van der Waals surface area contributed by atoms with Crippen molar-refractivity contribution in [3.05, 3.63) is 40.3 Å². The molecular weight excluding hydrogens is 314 g/mol. The third-order valence-corrected chi connectivity index (χ3v) is 5.90. The van der Waals surface area contributed by atoms with Gasteiger partial charge in [-0.15, -0.1) is 0 Å². The summed E-state index contributed by atoms with van der Waals surface area (Å²) in [6, 6.07) is 7.84. The highest BCUT2D eigenvalue weighted by Gasteiger charge is 2.35. The Bertz CT molecular complexity index is 852. The van der Waals surface area contributed by atoms with Gasteiger partial charge in [0.2, 0.25) is 5.91 Å². The number of hydrogen-bond acceptors (Lipinski definition) is 3. The number of fused-ring (bicyclic) bond motifs is 1. The highest BCUT2D eigenvalue weighted by Crippen LogP contribution is 2.35. The van der Waals surface area contributed by atoms with Gasteiger partial charge in [0.05, 0.1) is 11.1 Å². The molecule has 5 nitrogen and oxygen atoms in total. The fourth-order valence-corrected chi connectivity index (χ4v) is 4.67. The van der Waals surface area contributed by atoms with Crippen LogP contribution in [0.2, 0.25) is 0 Å². The van der Waals surface area contributed by atoms with Gasteiger partial charge in [-0.3, -0.25) is 9.59 Å². The minimum atomic E-state index is -0.175. The van der Waals surface area contributed by atoms with E-state index in [1.54, 1.807) is 0 Å². The van der Waals surface area contributed by atoms with Gasteiger partial charge in [0.15, 0.2) is 0 Å². The molecule has 2 aliphatic rings. The Labute approximate surface area is 147 Å². The van der Waals surface area contributed by atoms with Crippen LogP contribution in [0, 0.1) is 12.8 Å². The monoisotopic (exact) mass is 339 g/mol. The summed E-state index contributed by atoms with van der Waals surface area (Å²) in [6.45, 7) is 2.76. The maximum atomic E-state index is 12.9. The molecule has 2 fully saturated rings. The van der Waals surface area contributed by atoms with Gasteiger partial charge in [-0.25, -0.2) is 4.68 Å². The summed E-state index contributed by atoms with van der Waals surface area (Å²) < 4.78 is 1.35. The van der Waals surface area contributed by atoms with Gasteiger partial charge in [0.25, 0.3) is 5.56 Å². The molecule has 1 atom stereocenters. The number of likely N-dealkylation sites (tertiary alicyclic amines) is 1. The number of rotatable bonds is 3. The normalized spacial score (nSPS) is 21.3. The molecule has 1 aromatic heterocycles. The van der Waals surface area contributed by atoms with Crippen molar-refractivity contribution in [1.82, 2.24) is 14.7 Å². The minimum absolute atomic E-state index is 0.0404. The number of carbonyl (C=O) groups excluding carboxylic acids is 1. The molecule has 5 heteroatoms. The van der Waals surface area contributed by atoms with Crippen LogP contribution < -0.4 is 5.56 Å². The molecular formula is C20H25N3O2. The molecule has 1 aliphatic heterocycles. The lowest BCUT2D eigenvalue weighted by Gasteiger charge is -2.29. The van der Waals surface area contributed by atoms with Crippen molar-refractivity contribution in [3.63, 3.8) is 0 Å². The van der Waals surface area contributed by atoms with Crippen molar-refractivity contribution >= 4 is 16.7 Å². The van der Waals surface area contributed by atoms with E-state index >= 15 is 0 Å². The summed E-state index contributed by atoms with van der Waals surface area (Å²) in [6.07, 6.45) is 7.23. The zero-order valence-corrected chi connectivity index (χ0v) is 14.8. The predicted octanol–water partition coefficient (Wildman–Crippen LogP) is 2.89. The number of nitrogens with zero attached hydrogens (tertiary/aromatic N) is 3. The summed E-state index contributed by atoms with van der Waals surface area (Å²) in [5.74, 6) is 0.688. The highest BCUT2D eigenvalue weighted by molar-refractivity contribution is 5.83. The van der Waals surface area contributed by atoms with Crippen LogP contribution in [0.15, 0.2) is 29.1 Å². The van der Waals surface area contributed by atoms with Crippen molar-refractivity contribution in [3.8, 4) is 0 Å². The molecule has 1 saturated heterocycles. The summed E-state index contributed by atoms with van der Waals surface area (Å²) in [5, 5.41) is 5.89. The third-order valence-electron chi connectivity index (χ3n) is 5.90. The van der Waals surface area contributed by atoms with Gasteiger partial charge in [0.1, 0.15) is 6.54 Å². The lowest BCUT2D eigenvalue weighted by Crippen LogP contribution is -2.43.